The second-order valence-corrected chi connectivity index (χ2v) is 6.55. The smallest absolute Gasteiger partial charge is 0.240 e. The first kappa shape index (κ1) is 13.5. The van der Waals surface area contributed by atoms with Gasteiger partial charge in [-0.15, -0.1) is 11.3 Å². The lowest BCUT2D eigenvalue weighted by Crippen LogP contribution is -2.48. The molecule has 1 aromatic rings. The van der Waals surface area contributed by atoms with Gasteiger partial charge >= 0.3 is 0 Å². The summed E-state index contributed by atoms with van der Waals surface area (Å²) >= 11 is 1.83. The summed E-state index contributed by atoms with van der Waals surface area (Å²) in [6.07, 6.45) is 1.08. The minimum absolute atomic E-state index is 0.106. The van der Waals surface area contributed by atoms with Crippen molar-refractivity contribution in [3.63, 3.8) is 0 Å². The molecule has 0 bridgehead atoms. The largest absolute Gasteiger partial charge is 0.295 e. The van der Waals surface area contributed by atoms with Crippen molar-refractivity contribution < 1.29 is 4.79 Å². The molecule has 1 aliphatic rings. The second-order valence-electron chi connectivity index (χ2n) is 5.55. The van der Waals surface area contributed by atoms with Crippen molar-refractivity contribution in [1.29, 1.82) is 0 Å². The zero-order valence-electron chi connectivity index (χ0n) is 11.2. The van der Waals surface area contributed by atoms with E-state index >= 15 is 0 Å². The molecule has 18 heavy (non-hydrogen) atoms. The maximum absolute atomic E-state index is 11.7. The fourth-order valence-electron chi connectivity index (χ4n) is 2.55. The van der Waals surface area contributed by atoms with E-state index < -0.39 is 5.41 Å². The zero-order chi connectivity index (χ0) is 13.3. The maximum Gasteiger partial charge on any atom is 0.240 e. The fraction of sp³-hybridized carbons (Fsp3) is 0.615. The number of amides is 1. The Kier molecular flexibility index (Phi) is 3.75. The van der Waals surface area contributed by atoms with E-state index in [2.05, 4.69) is 28.7 Å². The third-order valence-electron chi connectivity index (χ3n) is 3.75. The highest BCUT2D eigenvalue weighted by molar-refractivity contribution is 7.10. The Hall–Kier alpha value is -0.910. The average molecular weight is 267 g/mol. The van der Waals surface area contributed by atoms with Crippen LogP contribution >= 0.6 is 11.3 Å². The SMILES string of the molecule is CC1c2ccsc2CCN1CC(C)(C)C(=O)NN. The number of fused-ring (bicyclic) bond motifs is 1. The summed E-state index contributed by atoms with van der Waals surface area (Å²) in [5.41, 5.74) is 3.21. The van der Waals surface area contributed by atoms with Crippen molar-refractivity contribution >= 4 is 17.2 Å². The third kappa shape index (κ3) is 2.43. The molecule has 3 N–H and O–H groups in total. The standard InChI is InChI=1S/C13H21N3OS/c1-9-10-5-7-18-11(10)4-6-16(9)8-13(2,3)12(17)15-14/h5,7,9H,4,6,8,14H2,1-3H3,(H,15,17). The Morgan fingerprint density at radius 1 is 1.67 bits per heavy atom. The van der Waals surface area contributed by atoms with Crippen LogP contribution in [0.15, 0.2) is 11.4 Å². The predicted molar refractivity (Wildman–Crippen MR) is 74.1 cm³/mol. The minimum Gasteiger partial charge on any atom is -0.295 e. The number of nitrogens with one attached hydrogen (secondary N) is 1. The van der Waals surface area contributed by atoms with Gasteiger partial charge in [0, 0.05) is 24.0 Å². The number of thiophene rings is 1. The first-order valence-electron chi connectivity index (χ1n) is 6.27. The van der Waals surface area contributed by atoms with Gasteiger partial charge in [-0.2, -0.15) is 0 Å². The van der Waals surface area contributed by atoms with E-state index in [0.717, 1.165) is 19.5 Å². The van der Waals surface area contributed by atoms with Gasteiger partial charge in [-0.3, -0.25) is 15.1 Å². The lowest BCUT2D eigenvalue weighted by Gasteiger charge is -2.38. The average Bonchev–Trinajstić information content (AvgIpc) is 2.80. The topological polar surface area (TPSA) is 58.4 Å². The second kappa shape index (κ2) is 4.99. The molecular weight excluding hydrogens is 246 g/mol. The highest BCUT2D eigenvalue weighted by atomic mass is 32.1. The Bertz CT molecular complexity index is 441. The van der Waals surface area contributed by atoms with E-state index in [1.165, 1.54) is 10.4 Å². The predicted octanol–water partition coefficient (Wildman–Crippen LogP) is 1.68. The van der Waals surface area contributed by atoms with Gasteiger partial charge in [0.1, 0.15) is 0 Å². The molecule has 2 heterocycles. The first-order valence-corrected chi connectivity index (χ1v) is 7.15. The van der Waals surface area contributed by atoms with Crippen LogP contribution in [0, 0.1) is 5.41 Å². The molecule has 0 saturated heterocycles. The van der Waals surface area contributed by atoms with Crippen LogP contribution in [0.3, 0.4) is 0 Å². The zero-order valence-corrected chi connectivity index (χ0v) is 12.0. The molecule has 2 rings (SSSR count). The molecule has 5 heteroatoms. The summed E-state index contributed by atoms with van der Waals surface area (Å²) in [6.45, 7) is 7.82. The molecule has 100 valence electrons. The van der Waals surface area contributed by atoms with E-state index in [9.17, 15) is 4.79 Å². The molecule has 1 amide bonds. The Labute approximate surface area is 112 Å². The van der Waals surface area contributed by atoms with Gasteiger partial charge < -0.3 is 0 Å². The third-order valence-corrected chi connectivity index (χ3v) is 4.74. The number of carbonyl (C=O) groups is 1. The van der Waals surface area contributed by atoms with Crippen molar-refractivity contribution in [2.45, 2.75) is 33.2 Å². The van der Waals surface area contributed by atoms with Crippen LogP contribution in [0.4, 0.5) is 0 Å². The van der Waals surface area contributed by atoms with Crippen LogP contribution in [0.2, 0.25) is 0 Å². The van der Waals surface area contributed by atoms with Gasteiger partial charge in [-0.1, -0.05) is 0 Å². The molecule has 1 aromatic heterocycles. The van der Waals surface area contributed by atoms with E-state index in [1.807, 2.05) is 25.2 Å². The number of hydrazine groups is 1. The molecule has 0 aromatic carbocycles. The summed E-state index contributed by atoms with van der Waals surface area (Å²) in [5.74, 6) is 5.14. The van der Waals surface area contributed by atoms with Gasteiger partial charge in [-0.25, -0.2) is 5.84 Å². The van der Waals surface area contributed by atoms with Crippen molar-refractivity contribution in [1.82, 2.24) is 10.3 Å². The van der Waals surface area contributed by atoms with Crippen LogP contribution in [0.5, 0.6) is 0 Å². The highest BCUT2D eigenvalue weighted by Crippen LogP contribution is 2.34. The summed E-state index contributed by atoms with van der Waals surface area (Å²) < 4.78 is 0. The minimum atomic E-state index is -0.462. The number of nitrogens with zero attached hydrogens (tertiary/aromatic N) is 1. The van der Waals surface area contributed by atoms with Crippen LogP contribution in [0.1, 0.15) is 37.3 Å². The van der Waals surface area contributed by atoms with E-state index in [0.29, 0.717) is 6.04 Å². The molecule has 4 nitrogen and oxygen atoms in total. The van der Waals surface area contributed by atoms with Gasteiger partial charge in [0.25, 0.3) is 0 Å². The molecule has 0 spiro atoms. The van der Waals surface area contributed by atoms with Crippen LogP contribution in [0.25, 0.3) is 0 Å². The monoisotopic (exact) mass is 267 g/mol. The fourth-order valence-corrected chi connectivity index (χ4v) is 3.52. The summed E-state index contributed by atoms with van der Waals surface area (Å²) in [4.78, 5) is 15.6. The lowest BCUT2D eigenvalue weighted by atomic mass is 9.89. The molecule has 0 aliphatic carbocycles. The Morgan fingerprint density at radius 2 is 2.39 bits per heavy atom. The van der Waals surface area contributed by atoms with Gasteiger partial charge in [-0.05, 0) is 44.2 Å². The van der Waals surface area contributed by atoms with Crippen molar-refractivity contribution in [3.8, 4) is 0 Å². The van der Waals surface area contributed by atoms with Crippen LogP contribution < -0.4 is 11.3 Å². The van der Waals surface area contributed by atoms with E-state index in [4.69, 9.17) is 5.84 Å². The number of hydrogen-bond donors (Lipinski definition) is 2. The highest BCUT2D eigenvalue weighted by Gasteiger charge is 2.33. The molecule has 0 radical (unpaired) electrons. The van der Waals surface area contributed by atoms with Gasteiger partial charge in [0.05, 0.1) is 5.41 Å². The Balaban J connectivity index is 2.10. The number of carbonyl (C=O) groups excluding carboxylic acids is 1. The van der Waals surface area contributed by atoms with Crippen molar-refractivity contribution in [2.75, 3.05) is 13.1 Å². The molecule has 1 atom stereocenters. The molecule has 0 saturated carbocycles. The summed E-state index contributed by atoms with van der Waals surface area (Å²) in [5, 5.41) is 2.16. The van der Waals surface area contributed by atoms with Gasteiger partial charge in [0.15, 0.2) is 0 Å². The lowest BCUT2D eigenvalue weighted by molar-refractivity contribution is -0.130. The molecule has 0 fully saturated rings. The van der Waals surface area contributed by atoms with E-state index in [-0.39, 0.29) is 5.91 Å². The quantitative estimate of drug-likeness (QED) is 0.498. The van der Waals surface area contributed by atoms with Crippen LogP contribution in [-0.2, 0) is 11.2 Å². The van der Waals surface area contributed by atoms with Crippen molar-refractivity contribution in [3.05, 3.63) is 21.9 Å². The number of hydrogen-bond acceptors (Lipinski definition) is 4. The van der Waals surface area contributed by atoms with Crippen molar-refractivity contribution in [2.24, 2.45) is 11.3 Å². The molecule has 1 aliphatic heterocycles. The maximum atomic E-state index is 11.7. The number of rotatable bonds is 3. The number of nitrogens with two attached hydrogens (primary N) is 1. The summed E-state index contributed by atoms with van der Waals surface area (Å²) in [6, 6.07) is 2.58. The Morgan fingerprint density at radius 3 is 3.06 bits per heavy atom. The first-order chi connectivity index (χ1) is 8.45. The normalized spacial score (nSPS) is 20.6. The van der Waals surface area contributed by atoms with Crippen LogP contribution in [-0.4, -0.2) is 23.9 Å². The summed E-state index contributed by atoms with van der Waals surface area (Å²) in [7, 11) is 0. The molecular formula is C13H21N3OS. The van der Waals surface area contributed by atoms with Gasteiger partial charge in [0.2, 0.25) is 5.91 Å². The van der Waals surface area contributed by atoms with E-state index in [1.54, 1.807) is 0 Å². The molecule has 1 unspecified atom stereocenters.